The van der Waals surface area contributed by atoms with E-state index in [1.165, 1.54) is 0 Å². The predicted molar refractivity (Wildman–Crippen MR) is 68.7 cm³/mol. The zero-order valence-corrected chi connectivity index (χ0v) is 11.8. The van der Waals surface area contributed by atoms with Crippen LogP contribution in [0.2, 0.25) is 0 Å². The van der Waals surface area contributed by atoms with E-state index in [0.29, 0.717) is 13.1 Å². The van der Waals surface area contributed by atoms with Crippen LogP contribution in [0.1, 0.15) is 27.2 Å². The summed E-state index contributed by atoms with van der Waals surface area (Å²) >= 11 is 0. The van der Waals surface area contributed by atoms with Crippen molar-refractivity contribution in [3.8, 4) is 0 Å². The molecule has 0 aromatic heterocycles. The van der Waals surface area contributed by atoms with Crippen LogP contribution in [-0.2, 0) is 19.1 Å². The van der Waals surface area contributed by atoms with Gasteiger partial charge in [0.1, 0.15) is 6.42 Å². The van der Waals surface area contributed by atoms with Crippen LogP contribution in [0.4, 0.5) is 0 Å². The van der Waals surface area contributed by atoms with Crippen LogP contribution >= 0.6 is 0 Å². The maximum Gasteiger partial charge on any atom is 0.313 e. The number of ether oxygens (including phenoxy) is 2. The van der Waals surface area contributed by atoms with Gasteiger partial charge in [0, 0.05) is 13.1 Å². The third-order valence-corrected chi connectivity index (χ3v) is 2.80. The highest BCUT2D eigenvalue weighted by molar-refractivity contribution is 5.96. The van der Waals surface area contributed by atoms with Gasteiger partial charge in [-0.05, 0) is 20.8 Å². The molecule has 6 heteroatoms. The zero-order chi connectivity index (χ0) is 14.5. The van der Waals surface area contributed by atoms with E-state index >= 15 is 0 Å². The number of aliphatic hydroxyl groups is 1. The standard InChI is InChI=1S/C13H23NO5/c1-4-18-12(17)5-10(16)6-14-7-11(8-15)19-13(2,3)9-14/h11,15H,4-9H2,1-3H3. The molecule has 0 aliphatic carbocycles. The van der Waals surface area contributed by atoms with Crippen molar-refractivity contribution in [2.45, 2.75) is 38.9 Å². The van der Waals surface area contributed by atoms with Gasteiger partial charge in [-0.2, -0.15) is 0 Å². The molecule has 1 fully saturated rings. The van der Waals surface area contributed by atoms with Crippen LogP contribution < -0.4 is 0 Å². The first kappa shape index (κ1) is 16.1. The van der Waals surface area contributed by atoms with Gasteiger partial charge < -0.3 is 14.6 Å². The van der Waals surface area contributed by atoms with Crippen molar-refractivity contribution in [3.05, 3.63) is 0 Å². The molecule has 1 aliphatic heterocycles. The molecule has 0 saturated carbocycles. The number of Topliss-reactive ketones (excluding diaryl/α,β-unsaturated/α-hetero) is 1. The lowest BCUT2D eigenvalue weighted by molar-refractivity contribution is -0.154. The Balaban J connectivity index is 2.46. The van der Waals surface area contributed by atoms with E-state index in [-0.39, 0.29) is 38.1 Å². The van der Waals surface area contributed by atoms with Gasteiger partial charge >= 0.3 is 5.97 Å². The Labute approximate surface area is 113 Å². The van der Waals surface area contributed by atoms with Gasteiger partial charge in [-0.1, -0.05) is 0 Å². The summed E-state index contributed by atoms with van der Waals surface area (Å²) < 4.78 is 10.4. The molecule has 1 N–H and O–H groups in total. The van der Waals surface area contributed by atoms with Crippen molar-refractivity contribution in [1.82, 2.24) is 4.90 Å². The van der Waals surface area contributed by atoms with Crippen LogP contribution in [0.3, 0.4) is 0 Å². The molecule has 0 bridgehead atoms. The molecule has 19 heavy (non-hydrogen) atoms. The Morgan fingerprint density at radius 2 is 2.16 bits per heavy atom. The quantitative estimate of drug-likeness (QED) is 0.541. The predicted octanol–water partition coefficient (Wildman–Crippen LogP) is -0.0196. The minimum Gasteiger partial charge on any atom is -0.466 e. The minimum absolute atomic E-state index is 0.0774. The summed E-state index contributed by atoms with van der Waals surface area (Å²) in [4.78, 5) is 24.9. The molecule has 1 heterocycles. The maximum atomic E-state index is 11.8. The summed E-state index contributed by atoms with van der Waals surface area (Å²) in [7, 11) is 0. The molecule has 1 aliphatic rings. The molecular formula is C13H23NO5. The van der Waals surface area contributed by atoms with E-state index in [1.54, 1.807) is 6.92 Å². The Morgan fingerprint density at radius 3 is 2.74 bits per heavy atom. The number of carbonyl (C=O) groups excluding carboxylic acids is 2. The smallest absolute Gasteiger partial charge is 0.313 e. The minimum atomic E-state index is -0.487. The lowest BCUT2D eigenvalue weighted by Crippen LogP contribution is -2.54. The molecule has 0 spiro atoms. The number of hydrogen-bond acceptors (Lipinski definition) is 6. The fraction of sp³-hybridized carbons (Fsp3) is 0.846. The number of esters is 1. The first-order valence-corrected chi connectivity index (χ1v) is 6.54. The van der Waals surface area contributed by atoms with Crippen molar-refractivity contribution in [2.75, 3.05) is 32.8 Å². The summed E-state index contributed by atoms with van der Waals surface area (Å²) in [5.74, 6) is -0.661. The fourth-order valence-electron chi connectivity index (χ4n) is 2.31. The topological polar surface area (TPSA) is 76.1 Å². The largest absolute Gasteiger partial charge is 0.466 e. The van der Waals surface area contributed by atoms with Crippen LogP contribution in [0.15, 0.2) is 0 Å². The summed E-state index contributed by atoms with van der Waals surface area (Å²) in [5, 5.41) is 9.18. The number of hydrogen-bond donors (Lipinski definition) is 1. The van der Waals surface area contributed by atoms with Crippen molar-refractivity contribution < 1.29 is 24.2 Å². The molecule has 0 aromatic rings. The highest BCUT2D eigenvalue weighted by Gasteiger charge is 2.33. The van der Waals surface area contributed by atoms with Crippen molar-refractivity contribution in [2.24, 2.45) is 0 Å². The molecular weight excluding hydrogens is 250 g/mol. The van der Waals surface area contributed by atoms with E-state index in [0.717, 1.165) is 0 Å². The second kappa shape index (κ2) is 6.98. The van der Waals surface area contributed by atoms with Gasteiger partial charge in [-0.3, -0.25) is 14.5 Å². The summed E-state index contributed by atoms with van der Waals surface area (Å²) in [6.07, 6.45) is -0.491. The summed E-state index contributed by atoms with van der Waals surface area (Å²) in [6, 6.07) is 0. The molecule has 1 atom stereocenters. The van der Waals surface area contributed by atoms with Gasteiger partial charge in [0.25, 0.3) is 0 Å². The number of rotatable bonds is 6. The SMILES string of the molecule is CCOC(=O)CC(=O)CN1CC(CO)OC(C)(C)C1. The van der Waals surface area contributed by atoms with Crippen LogP contribution in [0.25, 0.3) is 0 Å². The van der Waals surface area contributed by atoms with Crippen LogP contribution in [0.5, 0.6) is 0 Å². The molecule has 1 rings (SSSR count). The van der Waals surface area contributed by atoms with Crippen LogP contribution in [0, 0.1) is 0 Å². The van der Waals surface area contributed by atoms with Gasteiger partial charge in [-0.15, -0.1) is 0 Å². The average molecular weight is 273 g/mol. The van der Waals surface area contributed by atoms with E-state index < -0.39 is 11.6 Å². The summed E-state index contributed by atoms with van der Waals surface area (Å²) in [6.45, 7) is 7.01. The average Bonchev–Trinajstić information content (AvgIpc) is 2.26. The lowest BCUT2D eigenvalue weighted by Gasteiger charge is -2.42. The number of nitrogens with zero attached hydrogens (tertiary/aromatic N) is 1. The van der Waals surface area contributed by atoms with E-state index in [1.807, 2.05) is 18.7 Å². The number of ketones is 1. The van der Waals surface area contributed by atoms with Gasteiger partial charge in [0.2, 0.25) is 0 Å². The number of aliphatic hydroxyl groups excluding tert-OH is 1. The third-order valence-electron chi connectivity index (χ3n) is 2.80. The molecule has 1 unspecified atom stereocenters. The maximum absolute atomic E-state index is 11.8. The number of morpholine rings is 1. The highest BCUT2D eigenvalue weighted by Crippen LogP contribution is 2.20. The molecule has 0 radical (unpaired) electrons. The van der Waals surface area contributed by atoms with E-state index in [2.05, 4.69) is 0 Å². The summed E-state index contributed by atoms with van der Waals surface area (Å²) in [5.41, 5.74) is -0.407. The van der Waals surface area contributed by atoms with Crippen molar-refractivity contribution in [1.29, 1.82) is 0 Å². The molecule has 6 nitrogen and oxygen atoms in total. The highest BCUT2D eigenvalue weighted by atomic mass is 16.5. The van der Waals surface area contributed by atoms with Crippen molar-refractivity contribution in [3.63, 3.8) is 0 Å². The van der Waals surface area contributed by atoms with Crippen molar-refractivity contribution >= 4 is 11.8 Å². The fourth-order valence-corrected chi connectivity index (χ4v) is 2.31. The van der Waals surface area contributed by atoms with Gasteiger partial charge in [-0.25, -0.2) is 0 Å². The Hall–Kier alpha value is -0.980. The van der Waals surface area contributed by atoms with Crippen LogP contribution in [-0.4, -0.2) is 66.3 Å². The Morgan fingerprint density at radius 1 is 1.47 bits per heavy atom. The normalized spacial score (nSPS) is 23.1. The first-order valence-electron chi connectivity index (χ1n) is 6.54. The monoisotopic (exact) mass is 273 g/mol. The number of carbonyl (C=O) groups is 2. The second-order valence-electron chi connectivity index (χ2n) is 5.37. The van der Waals surface area contributed by atoms with Gasteiger partial charge in [0.15, 0.2) is 5.78 Å². The second-order valence-corrected chi connectivity index (χ2v) is 5.37. The molecule has 0 amide bonds. The van der Waals surface area contributed by atoms with E-state index in [4.69, 9.17) is 9.47 Å². The molecule has 0 aromatic carbocycles. The van der Waals surface area contributed by atoms with E-state index in [9.17, 15) is 14.7 Å². The first-order chi connectivity index (χ1) is 8.86. The zero-order valence-electron chi connectivity index (χ0n) is 11.8. The Kier molecular flexibility index (Phi) is 5.90. The molecule has 110 valence electrons. The molecule has 1 saturated heterocycles. The van der Waals surface area contributed by atoms with Gasteiger partial charge in [0.05, 0.1) is 31.5 Å². The third kappa shape index (κ3) is 5.67. The Bertz CT molecular complexity index is 329. The lowest BCUT2D eigenvalue weighted by atomic mass is 10.0.